The van der Waals surface area contributed by atoms with Gasteiger partial charge in [0.05, 0.1) is 0 Å². The average molecular weight is 179 g/mol. The van der Waals surface area contributed by atoms with Crippen LogP contribution in [0.25, 0.3) is 0 Å². The van der Waals surface area contributed by atoms with Gasteiger partial charge >= 0.3 is 0 Å². The summed E-state index contributed by atoms with van der Waals surface area (Å²) >= 11 is 1.47. The summed E-state index contributed by atoms with van der Waals surface area (Å²) in [5, 5.41) is 9.28. The molecule has 0 saturated heterocycles. The van der Waals surface area contributed by atoms with Gasteiger partial charge in [-0.2, -0.15) is 0 Å². The molecular weight excluding hydrogens is 168 g/mol. The Hall–Kier alpha value is -0.280. The quantitative estimate of drug-likeness (QED) is 0.717. The Labute approximate surface area is 70.4 Å². The van der Waals surface area contributed by atoms with Gasteiger partial charge in [-0.3, -0.25) is 5.41 Å². The molecule has 0 aliphatic carbocycles. The van der Waals surface area contributed by atoms with Gasteiger partial charge in [0, 0.05) is 18.1 Å². The van der Waals surface area contributed by atoms with Crippen LogP contribution in [0.4, 0.5) is 0 Å². The molecule has 0 aromatic carbocycles. The van der Waals surface area contributed by atoms with Gasteiger partial charge in [0.2, 0.25) is 0 Å². The minimum absolute atomic E-state index is 0. The second-order valence-electron chi connectivity index (χ2n) is 1.90. The third-order valence-corrected chi connectivity index (χ3v) is 1.86. The smallest absolute Gasteiger partial charge is 0.181 e. The third kappa shape index (κ3) is 2.15. The number of nitrogens with one attached hydrogen (secondary N) is 1. The summed E-state index contributed by atoms with van der Waals surface area (Å²) in [5.41, 5.74) is 0. The number of halogens is 1. The maximum atomic E-state index is 7.34. The Bertz CT molecular complexity index is 228. The van der Waals surface area contributed by atoms with E-state index < -0.39 is 0 Å². The zero-order valence-corrected chi connectivity index (χ0v) is 7.47. The van der Waals surface area contributed by atoms with Gasteiger partial charge in [-0.05, 0) is 6.42 Å². The number of thiazole rings is 1. The largest absolute Gasteiger partial charge is 0.324 e. The maximum absolute atomic E-state index is 7.34. The summed E-state index contributed by atoms with van der Waals surface area (Å²) in [6.07, 6.45) is 3.06. The lowest BCUT2D eigenvalue weighted by Gasteiger charge is -1.94. The van der Waals surface area contributed by atoms with Gasteiger partial charge in [-0.25, -0.2) is 0 Å². The van der Waals surface area contributed by atoms with E-state index in [2.05, 4.69) is 6.92 Å². The first-order chi connectivity index (χ1) is 4.34. The summed E-state index contributed by atoms with van der Waals surface area (Å²) in [4.78, 5) is 0.650. The molecule has 1 aromatic heterocycles. The molecule has 1 N–H and O–H groups in total. The highest BCUT2D eigenvalue weighted by molar-refractivity contribution is 7.06. The normalized spacial score (nSPS) is 8.90. The Morgan fingerprint density at radius 1 is 1.70 bits per heavy atom. The molecule has 1 aromatic rings. The monoisotopic (exact) mass is 178 g/mol. The first-order valence-corrected chi connectivity index (χ1v) is 3.91. The van der Waals surface area contributed by atoms with E-state index in [9.17, 15) is 0 Å². The highest BCUT2D eigenvalue weighted by Crippen LogP contribution is 1.89. The van der Waals surface area contributed by atoms with Crippen LogP contribution >= 0.6 is 23.7 Å². The van der Waals surface area contributed by atoms with Crippen LogP contribution in [0.2, 0.25) is 0 Å². The van der Waals surface area contributed by atoms with Gasteiger partial charge in [-0.1, -0.05) is 6.92 Å². The number of hydrogen-bond acceptors (Lipinski definition) is 2. The second-order valence-corrected chi connectivity index (χ2v) is 2.80. The van der Waals surface area contributed by atoms with E-state index in [1.165, 1.54) is 11.3 Å². The van der Waals surface area contributed by atoms with Crippen LogP contribution in [-0.2, 0) is 6.54 Å². The summed E-state index contributed by atoms with van der Waals surface area (Å²) in [6, 6.07) is 0. The fourth-order valence-electron chi connectivity index (χ4n) is 0.721. The van der Waals surface area contributed by atoms with E-state index in [1.54, 1.807) is 0 Å². The van der Waals surface area contributed by atoms with Crippen molar-refractivity contribution in [1.29, 1.82) is 5.41 Å². The molecule has 0 amide bonds. The van der Waals surface area contributed by atoms with Crippen molar-refractivity contribution in [2.75, 3.05) is 0 Å². The second kappa shape index (κ2) is 4.52. The Morgan fingerprint density at radius 3 is 2.80 bits per heavy atom. The van der Waals surface area contributed by atoms with Crippen molar-refractivity contribution in [1.82, 2.24) is 4.57 Å². The summed E-state index contributed by atoms with van der Waals surface area (Å²) in [6.45, 7) is 3.09. The van der Waals surface area contributed by atoms with Crippen molar-refractivity contribution < 1.29 is 0 Å². The van der Waals surface area contributed by atoms with E-state index in [1.807, 2.05) is 16.1 Å². The van der Waals surface area contributed by atoms with E-state index in [4.69, 9.17) is 5.41 Å². The molecule has 1 rings (SSSR count). The SMILES string of the molecule is CCCn1ccsc1=N.Cl. The first-order valence-electron chi connectivity index (χ1n) is 3.03. The van der Waals surface area contributed by atoms with Crippen molar-refractivity contribution in [2.45, 2.75) is 19.9 Å². The Balaban J connectivity index is 0.000000810. The number of hydrogen-bond donors (Lipinski definition) is 1. The van der Waals surface area contributed by atoms with Crippen molar-refractivity contribution in [3.63, 3.8) is 0 Å². The molecule has 1 heterocycles. The van der Waals surface area contributed by atoms with Crippen LogP contribution in [0, 0.1) is 5.41 Å². The van der Waals surface area contributed by atoms with Crippen molar-refractivity contribution in [3.05, 3.63) is 16.4 Å². The van der Waals surface area contributed by atoms with Crippen LogP contribution in [0.3, 0.4) is 0 Å². The highest BCUT2D eigenvalue weighted by atomic mass is 35.5. The fourth-order valence-corrected chi connectivity index (χ4v) is 1.34. The maximum Gasteiger partial charge on any atom is 0.181 e. The van der Waals surface area contributed by atoms with Crippen molar-refractivity contribution >= 4 is 23.7 Å². The van der Waals surface area contributed by atoms with Gasteiger partial charge in [-0.15, -0.1) is 23.7 Å². The van der Waals surface area contributed by atoms with Crippen LogP contribution in [0.5, 0.6) is 0 Å². The predicted molar refractivity (Wildman–Crippen MR) is 45.7 cm³/mol. The van der Waals surface area contributed by atoms with Crippen LogP contribution < -0.4 is 4.80 Å². The number of aromatic nitrogens is 1. The topological polar surface area (TPSA) is 28.8 Å². The molecule has 0 aliphatic rings. The van der Waals surface area contributed by atoms with Gasteiger partial charge in [0.1, 0.15) is 0 Å². The standard InChI is InChI=1S/C6H10N2S.ClH/c1-2-3-8-4-5-9-6(8)7;/h4-5,7H,2-3H2,1H3;1H. The molecule has 0 spiro atoms. The summed E-state index contributed by atoms with van der Waals surface area (Å²) in [5.74, 6) is 0. The zero-order valence-electron chi connectivity index (χ0n) is 5.83. The number of nitrogens with zero attached hydrogens (tertiary/aromatic N) is 1. The molecule has 0 fully saturated rings. The predicted octanol–water partition coefficient (Wildman–Crippen LogP) is 1.86. The van der Waals surface area contributed by atoms with E-state index in [0.717, 1.165) is 13.0 Å². The molecule has 0 radical (unpaired) electrons. The van der Waals surface area contributed by atoms with Crippen LogP contribution in [0.15, 0.2) is 11.6 Å². The highest BCUT2D eigenvalue weighted by Gasteiger charge is 1.87. The molecular formula is C6H11ClN2S. The molecule has 0 atom stereocenters. The Kier molecular flexibility index (Phi) is 4.40. The third-order valence-electron chi connectivity index (χ3n) is 1.15. The lowest BCUT2D eigenvalue weighted by Crippen LogP contribution is -2.10. The average Bonchev–Trinajstić information content (AvgIpc) is 2.18. The number of aryl methyl sites for hydroxylation is 1. The molecule has 0 saturated carbocycles. The van der Waals surface area contributed by atoms with Gasteiger partial charge in [0.25, 0.3) is 0 Å². The van der Waals surface area contributed by atoms with Gasteiger partial charge in [0.15, 0.2) is 4.80 Å². The van der Waals surface area contributed by atoms with Crippen LogP contribution in [0.1, 0.15) is 13.3 Å². The fraction of sp³-hybridized carbons (Fsp3) is 0.500. The van der Waals surface area contributed by atoms with Crippen molar-refractivity contribution in [3.8, 4) is 0 Å². The lowest BCUT2D eigenvalue weighted by atomic mass is 10.5. The molecule has 58 valence electrons. The van der Waals surface area contributed by atoms with Crippen LogP contribution in [-0.4, -0.2) is 4.57 Å². The van der Waals surface area contributed by atoms with E-state index >= 15 is 0 Å². The molecule has 0 unspecified atom stereocenters. The Morgan fingerprint density at radius 2 is 2.40 bits per heavy atom. The van der Waals surface area contributed by atoms with Gasteiger partial charge < -0.3 is 4.57 Å². The summed E-state index contributed by atoms with van der Waals surface area (Å²) < 4.78 is 1.95. The minimum Gasteiger partial charge on any atom is -0.324 e. The van der Waals surface area contributed by atoms with E-state index in [0.29, 0.717) is 4.80 Å². The molecule has 0 bridgehead atoms. The zero-order chi connectivity index (χ0) is 6.69. The lowest BCUT2D eigenvalue weighted by molar-refractivity contribution is 0.655. The van der Waals surface area contributed by atoms with Crippen molar-refractivity contribution in [2.24, 2.45) is 0 Å². The number of rotatable bonds is 2. The first kappa shape index (κ1) is 9.72. The molecule has 4 heteroatoms. The molecule has 0 aliphatic heterocycles. The summed E-state index contributed by atoms with van der Waals surface area (Å²) in [7, 11) is 0. The van der Waals surface area contributed by atoms with E-state index in [-0.39, 0.29) is 12.4 Å². The molecule has 2 nitrogen and oxygen atoms in total. The minimum atomic E-state index is 0. The molecule has 10 heavy (non-hydrogen) atoms.